The number of pyridine rings is 1. The summed E-state index contributed by atoms with van der Waals surface area (Å²) in [6, 6.07) is 7.61. The summed E-state index contributed by atoms with van der Waals surface area (Å²) < 4.78 is 18.2. The van der Waals surface area contributed by atoms with E-state index >= 15 is 0 Å². The van der Waals surface area contributed by atoms with Gasteiger partial charge in [-0.05, 0) is 45.0 Å². The highest BCUT2D eigenvalue weighted by atomic mass is 32.1. The molecule has 9 heteroatoms. The highest BCUT2D eigenvalue weighted by Gasteiger charge is 2.15. The SMILES string of the molecule is CCOc1ccc(-c2nc(COC(=O)c3cnc4c(cnn4C(C)C)c3)cs2)cc1OC. The van der Waals surface area contributed by atoms with Crippen molar-refractivity contribution >= 4 is 28.3 Å². The number of esters is 1. The molecule has 0 bridgehead atoms. The van der Waals surface area contributed by atoms with Gasteiger partial charge in [0.2, 0.25) is 0 Å². The van der Waals surface area contributed by atoms with Crippen LogP contribution in [0, 0.1) is 0 Å². The molecule has 0 radical (unpaired) electrons. The predicted molar refractivity (Wildman–Crippen MR) is 122 cm³/mol. The van der Waals surface area contributed by atoms with Gasteiger partial charge in [0, 0.05) is 28.6 Å². The Hall–Kier alpha value is -3.46. The fourth-order valence-electron chi connectivity index (χ4n) is 3.23. The Kier molecular flexibility index (Phi) is 6.36. The summed E-state index contributed by atoms with van der Waals surface area (Å²) in [5.74, 6) is 0.888. The number of aromatic nitrogens is 4. The maximum atomic E-state index is 12.5. The number of nitrogens with zero attached hydrogens (tertiary/aromatic N) is 4. The number of carbonyl (C=O) groups excluding carboxylic acids is 1. The van der Waals surface area contributed by atoms with E-state index in [0.29, 0.717) is 29.4 Å². The number of carbonyl (C=O) groups is 1. The first-order valence-electron chi connectivity index (χ1n) is 10.3. The molecule has 0 N–H and O–H groups in total. The van der Waals surface area contributed by atoms with Crippen LogP contribution in [-0.2, 0) is 11.3 Å². The summed E-state index contributed by atoms with van der Waals surface area (Å²) >= 11 is 1.47. The average molecular weight is 453 g/mol. The quantitative estimate of drug-likeness (QED) is 0.351. The van der Waals surface area contributed by atoms with E-state index in [1.807, 2.05) is 49.0 Å². The van der Waals surface area contributed by atoms with Gasteiger partial charge in [0.25, 0.3) is 0 Å². The molecule has 0 fully saturated rings. The van der Waals surface area contributed by atoms with Gasteiger partial charge in [-0.15, -0.1) is 11.3 Å². The van der Waals surface area contributed by atoms with E-state index in [9.17, 15) is 4.79 Å². The second kappa shape index (κ2) is 9.35. The summed E-state index contributed by atoms with van der Waals surface area (Å²) in [5, 5.41) is 7.81. The Balaban J connectivity index is 1.44. The van der Waals surface area contributed by atoms with Gasteiger partial charge in [-0.2, -0.15) is 5.10 Å². The monoisotopic (exact) mass is 452 g/mol. The van der Waals surface area contributed by atoms with Gasteiger partial charge in [-0.3, -0.25) is 0 Å². The standard InChI is InChI=1S/C23H24N4O4S/c1-5-30-19-7-6-15(9-20(19)29-4)22-26-18(13-32-22)12-31-23(28)17-8-16-11-25-27(14(2)3)21(16)24-10-17/h6-11,13-14H,5,12H2,1-4H3. The molecule has 8 nitrogen and oxygen atoms in total. The van der Waals surface area contributed by atoms with Gasteiger partial charge >= 0.3 is 5.97 Å². The average Bonchev–Trinajstić information content (AvgIpc) is 3.44. The lowest BCUT2D eigenvalue weighted by Gasteiger charge is -2.10. The molecule has 0 unspecified atom stereocenters. The van der Waals surface area contributed by atoms with Gasteiger partial charge in [-0.1, -0.05) is 0 Å². The van der Waals surface area contributed by atoms with E-state index in [-0.39, 0.29) is 12.6 Å². The number of rotatable bonds is 8. The first-order valence-corrected chi connectivity index (χ1v) is 11.1. The lowest BCUT2D eigenvalue weighted by Crippen LogP contribution is -2.07. The van der Waals surface area contributed by atoms with Crippen LogP contribution in [0.2, 0.25) is 0 Å². The Morgan fingerprint density at radius 2 is 2.03 bits per heavy atom. The molecule has 4 aromatic rings. The van der Waals surface area contributed by atoms with Gasteiger partial charge in [0.1, 0.15) is 11.6 Å². The molecule has 0 saturated carbocycles. The summed E-state index contributed by atoms with van der Waals surface area (Å²) in [7, 11) is 1.61. The Morgan fingerprint density at radius 3 is 2.78 bits per heavy atom. The zero-order valence-corrected chi connectivity index (χ0v) is 19.2. The van der Waals surface area contributed by atoms with Crippen LogP contribution in [0.3, 0.4) is 0 Å². The summed E-state index contributed by atoms with van der Waals surface area (Å²) in [6.45, 7) is 6.62. The molecule has 0 atom stereocenters. The zero-order chi connectivity index (χ0) is 22.7. The Morgan fingerprint density at radius 1 is 1.19 bits per heavy atom. The fourth-order valence-corrected chi connectivity index (χ4v) is 4.04. The second-order valence-corrected chi connectivity index (χ2v) is 8.20. The molecule has 1 aromatic carbocycles. The molecule has 0 saturated heterocycles. The molecule has 0 spiro atoms. The zero-order valence-electron chi connectivity index (χ0n) is 18.4. The van der Waals surface area contributed by atoms with Crippen molar-refractivity contribution in [1.29, 1.82) is 0 Å². The minimum atomic E-state index is -0.450. The molecule has 0 aliphatic carbocycles. The highest BCUT2D eigenvalue weighted by Crippen LogP contribution is 2.34. The van der Waals surface area contributed by atoms with Crippen molar-refractivity contribution in [3.05, 3.63) is 53.3 Å². The number of fused-ring (bicyclic) bond motifs is 1. The summed E-state index contributed by atoms with van der Waals surface area (Å²) in [4.78, 5) is 21.5. The third-order valence-electron chi connectivity index (χ3n) is 4.77. The largest absolute Gasteiger partial charge is 0.493 e. The smallest absolute Gasteiger partial charge is 0.340 e. The van der Waals surface area contributed by atoms with E-state index in [1.54, 1.807) is 19.4 Å². The molecular formula is C23H24N4O4S. The number of hydrogen-bond donors (Lipinski definition) is 0. The van der Waals surface area contributed by atoms with Crippen LogP contribution in [0.5, 0.6) is 11.5 Å². The van der Waals surface area contributed by atoms with Crippen molar-refractivity contribution in [3.63, 3.8) is 0 Å². The molecule has 0 aliphatic rings. The number of ether oxygens (including phenoxy) is 3. The van der Waals surface area contributed by atoms with Gasteiger partial charge < -0.3 is 14.2 Å². The van der Waals surface area contributed by atoms with Crippen LogP contribution in [-0.4, -0.2) is 39.4 Å². The van der Waals surface area contributed by atoms with Crippen molar-refractivity contribution in [3.8, 4) is 22.1 Å². The van der Waals surface area contributed by atoms with E-state index in [4.69, 9.17) is 14.2 Å². The molecule has 0 amide bonds. The van der Waals surface area contributed by atoms with Crippen molar-refractivity contribution in [2.75, 3.05) is 13.7 Å². The van der Waals surface area contributed by atoms with Crippen molar-refractivity contribution in [1.82, 2.24) is 19.7 Å². The fraction of sp³-hybridized carbons (Fsp3) is 0.304. The first kappa shape index (κ1) is 21.8. The maximum absolute atomic E-state index is 12.5. The van der Waals surface area contributed by atoms with Crippen LogP contribution in [0.25, 0.3) is 21.6 Å². The number of benzene rings is 1. The van der Waals surface area contributed by atoms with Crippen LogP contribution >= 0.6 is 11.3 Å². The minimum Gasteiger partial charge on any atom is -0.493 e. The van der Waals surface area contributed by atoms with E-state index in [0.717, 1.165) is 21.6 Å². The first-order chi connectivity index (χ1) is 15.5. The van der Waals surface area contributed by atoms with Gasteiger partial charge in [0.05, 0.1) is 31.2 Å². The third-order valence-corrected chi connectivity index (χ3v) is 5.71. The normalized spacial score (nSPS) is 11.2. The van der Waals surface area contributed by atoms with Gasteiger partial charge in [-0.25, -0.2) is 19.4 Å². The van der Waals surface area contributed by atoms with Crippen molar-refractivity contribution in [2.24, 2.45) is 0 Å². The lowest BCUT2D eigenvalue weighted by atomic mass is 10.2. The number of thiazole rings is 1. The number of methoxy groups -OCH3 is 1. The highest BCUT2D eigenvalue weighted by molar-refractivity contribution is 7.13. The Bertz CT molecular complexity index is 1250. The second-order valence-electron chi connectivity index (χ2n) is 7.34. The van der Waals surface area contributed by atoms with Crippen LogP contribution < -0.4 is 9.47 Å². The lowest BCUT2D eigenvalue weighted by molar-refractivity contribution is 0.0468. The number of hydrogen-bond acceptors (Lipinski definition) is 8. The maximum Gasteiger partial charge on any atom is 0.340 e. The van der Waals surface area contributed by atoms with Crippen molar-refractivity contribution in [2.45, 2.75) is 33.4 Å². The molecule has 166 valence electrons. The summed E-state index contributed by atoms with van der Waals surface area (Å²) in [5.41, 5.74) is 2.71. The topological polar surface area (TPSA) is 88.4 Å². The molecule has 32 heavy (non-hydrogen) atoms. The van der Waals surface area contributed by atoms with Crippen LogP contribution in [0.15, 0.2) is 42.0 Å². The van der Waals surface area contributed by atoms with E-state index in [1.165, 1.54) is 17.5 Å². The predicted octanol–water partition coefficient (Wildman–Crippen LogP) is 4.90. The van der Waals surface area contributed by atoms with Crippen LogP contribution in [0.4, 0.5) is 0 Å². The minimum absolute atomic E-state index is 0.0762. The molecule has 3 aromatic heterocycles. The van der Waals surface area contributed by atoms with Crippen molar-refractivity contribution < 1.29 is 19.0 Å². The van der Waals surface area contributed by atoms with Gasteiger partial charge in [0.15, 0.2) is 17.1 Å². The van der Waals surface area contributed by atoms with Crippen LogP contribution in [0.1, 0.15) is 42.9 Å². The molecule has 0 aliphatic heterocycles. The van der Waals surface area contributed by atoms with E-state index < -0.39 is 5.97 Å². The molecule has 3 heterocycles. The molecular weight excluding hydrogens is 428 g/mol. The summed E-state index contributed by atoms with van der Waals surface area (Å²) in [6.07, 6.45) is 3.22. The van der Waals surface area contributed by atoms with E-state index in [2.05, 4.69) is 15.1 Å². The Labute approximate surface area is 189 Å². The molecule has 4 rings (SSSR count). The third kappa shape index (κ3) is 4.43.